The monoisotopic (exact) mass is 937 g/mol. The van der Waals surface area contributed by atoms with Gasteiger partial charge in [-0.05, 0) is 85.4 Å². The molecule has 9 atom stereocenters. The van der Waals surface area contributed by atoms with Gasteiger partial charge in [0.05, 0.1) is 38.6 Å². The average Bonchev–Trinajstić information content (AvgIpc) is 3.26. The zero-order chi connectivity index (χ0) is 49.3. The summed E-state index contributed by atoms with van der Waals surface area (Å²) >= 11 is 0. The second-order valence-corrected chi connectivity index (χ2v) is 23.8. The normalized spacial score (nSPS) is 16.9. The maximum atomic E-state index is 6.69. The molecule has 0 aliphatic heterocycles. The lowest BCUT2D eigenvalue weighted by Gasteiger charge is -2.33. The molecule has 5 heteroatoms. The van der Waals surface area contributed by atoms with Gasteiger partial charge < -0.3 is 23.7 Å². The Labute approximate surface area is 416 Å². The lowest BCUT2D eigenvalue weighted by atomic mass is 9.91. The third-order valence-corrected chi connectivity index (χ3v) is 15.2. The average molecular weight is 938 g/mol. The molecule has 0 aromatic rings. The highest BCUT2D eigenvalue weighted by Crippen LogP contribution is 2.27. The van der Waals surface area contributed by atoms with E-state index < -0.39 is 0 Å². The van der Waals surface area contributed by atoms with Gasteiger partial charge in [0.25, 0.3) is 0 Å². The fourth-order valence-electron chi connectivity index (χ4n) is 9.83. The number of unbranched alkanes of at least 4 members (excludes halogenated alkanes) is 3. The molecule has 398 valence electrons. The number of rotatable bonds is 51. The Hall–Kier alpha value is -0.200. The first-order valence-corrected chi connectivity index (χ1v) is 29.6. The summed E-state index contributed by atoms with van der Waals surface area (Å²) in [7, 11) is 0. The van der Waals surface area contributed by atoms with E-state index in [4.69, 9.17) is 23.7 Å². The number of hydrogen-bond acceptors (Lipinski definition) is 5. The molecule has 0 saturated carbocycles. The molecule has 0 bridgehead atoms. The standard InChI is InChI=1S/C61H124O5/c1-15-18-20-42-61(17-3,50-64-47-59(14)29-19-16-2)66-46-45-63-49-60(65-44-41-58(13)39-26-37-56(11)35-24-33-54(9)31-22-28-52(6)7)48-62-43-40-57(12)38-25-36-55(10)34-23-32-53(8)30-21-27-51(4)5/h51-60H,15-50H2,1-14H3/t53-,54-,55-,56-,57?,58?,59?,60?,61?/m0/s1. The molecule has 0 amide bonds. The van der Waals surface area contributed by atoms with Crippen molar-refractivity contribution in [1.29, 1.82) is 0 Å². The van der Waals surface area contributed by atoms with Gasteiger partial charge in [0.15, 0.2) is 0 Å². The molecule has 0 heterocycles. The molecule has 0 saturated heterocycles. The van der Waals surface area contributed by atoms with Crippen LogP contribution in [0.4, 0.5) is 0 Å². The molecular formula is C61H124O5. The first kappa shape index (κ1) is 65.8. The zero-order valence-electron chi connectivity index (χ0n) is 47.8. The minimum absolute atomic E-state index is 0.0486. The van der Waals surface area contributed by atoms with Crippen molar-refractivity contribution in [2.24, 2.45) is 53.3 Å². The first-order chi connectivity index (χ1) is 31.6. The summed E-state index contributed by atoms with van der Waals surface area (Å²) in [6.45, 7) is 38.6. The van der Waals surface area contributed by atoms with Crippen LogP contribution in [0.25, 0.3) is 0 Å². The van der Waals surface area contributed by atoms with Crippen LogP contribution in [0, 0.1) is 53.3 Å². The van der Waals surface area contributed by atoms with Crippen molar-refractivity contribution < 1.29 is 23.7 Å². The Morgan fingerprint density at radius 1 is 0.333 bits per heavy atom. The minimum atomic E-state index is -0.235. The zero-order valence-corrected chi connectivity index (χ0v) is 47.8. The number of ether oxygens (including phenoxy) is 5. The Kier molecular flexibility index (Phi) is 44.6. The lowest BCUT2D eigenvalue weighted by molar-refractivity contribution is -0.127. The van der Waals surface area contributed by atoms with E-state index in [1.165, 1.54) is 154 Å². The van der Waals surface area contributed by atoms with Crippen LogP contribution >= 0.6 is 0 Å². The molecule has 5 unspecified atom stereocenters. The molecule has 5 nitrogen and oxygen atoms in total. The topological polar surface area (TPSA) is 46.2 Å². The summed E-state index contributed by atoms with van der Waals surface area (Å²) in [6, 6.07) is 0. The lowest BCUT2D eigenvalue weighted by Crippen LogP contribution is -2.39. The van der Waals surface area contributed by atoms with E-state index >= 15 is 0 Å². The van der Waals surface area contributed by atoms with Gasteiger partial charge in [0.2, 0.25) is 0 Å². The molecule has 0 fully saturated rings. The van der Waals surface area contributed by atoms with Gasteiger partial charge in [-0.15, -0.1) is 0 Å². The van der Waals surface area contributed by atoms with E-state index in [2.05, 4.69) is 96.9 Å². The summed E-state index contributed by atoms with van der Waals surface area (Å²) in [5.41, 5.74) is -0.235. The summed E-state index contributed by atoms with van der Waals surface area (Å²) < 4.78 is 32.3. The van der Waals surface area contributed by atoms with Crippen LogP contribution in [0.5, 0.6) is 0 Å². The van der Waals surface area contributed by atoms with E-state index in [0.29, 0.717) is 50.8 Å². The van der Waals surface area contributed by atoms with Gasteiger partial charge >= 0.3 is 0 Å². The molecule has 0 spiro atoms. The maximum absolute atomic E-state index is 6.69. The summed E-state index contributed by atoms with van der Waals surface area (Å²) in [5, 5.41) is 0. The Morgan fingerprint density at radius 2 is 0.727 bits per heavy atom. The fourth-order valence-corrected chi connectivity index (χ4v) is 9.83. The third kappa shape index (κ3) is 41.6. The predicted octanol–water partition coefficient (Wildman–Crippen LogP) is 18.9. The first-order valence-electron chi connectivity index (χ1n) is 29.6. The van der Waals surface area contributed by atoms with E-state index in [1.54, 1.807) is 0 Å². The van der Waals surface area contributed by atoms with Gasteiger partial charge in [-0.2, -0.15) is 0 Å². The smallest absolute Gasteiger partial charge is 0.104 e. The van der Waals surface area contributed by atoms with Crippen LogP contribution in [0.1, 0.15) is 277 Å². The van der Waals surface area contributed by atoms with Crippen molar-refractivity contribution in [2.45, 2.75) is 288 Å². The molecule has 0 rings (SSSR count). The Balaban J connectivity index is 4.94. The van der Waals surface area contributed by atoms with Gasteiger partial charge in [-0.3, -0.25) is 0 Å². The quantitative estimate of drug-likeness (QED) is 0.0569. The molecule has 0 aromatic heterocycles. The van der Waals surface area contributed by atoms with E-state index in [1.807, 2.05) is 0 Å². The highest BCUT2D eigenvalue weighted by Gasteiger charge is 2.29. The minimum Gasteiger partial charge on any atom is -0.379 e. The van der Waals surface area contributed by atoms with Crippen LogP contribution in [-0.2, 0) is 23.7 Å². The highest BCUT2D eigenvalue weighted by molar-refractivity contribution is 4.80. The van der Waals surface area contributed by atoms with Crippen LogP contribution in [0.3, 0.4) is 0 Å². The van der Waals surface area contributed by atoms with E-state index in [-0.39, 0.29) is 11.7 Å². The third-order valence-electron chi connectivity index (χ3n) is 15.2. The van der Waals surface area contributed by atoms with E-state index in [9.17, 15) is 0 Å². The Bertz CT molecular complexity index is 987. The molecular weight excluding hydrogens is 813 g/mol. The SMILES string of the molecule is CCCCCC(CC)(COCC(C)CCCC)OCCOCC(COCCC(C)CCC[C@@H](C)CCC[C@@H](C)CCCC(C)C)OCCC(C)CCC[C@@H](C)CCC[C@@H](C)CCCC(C)C. The van der Waals surface area contributed by atoms with Crippen molar-refractivity contribution >= 4 is 0 Å². The van der Waals surface area contributed by atoms with Crippen molar-refractivity contribution in [2.75, 3.05) is 52.9 Å². The summed E-state index contributed by atoms with van der Waals surface area (Å²) in [5.74, 6) is 7.10. The van der Waals surface area contributed by atoms with Crippen molar-refractivity contribution in [3.63, 3.8) is 0 Å². The molecule has 0 radical (unpaired) electrons. The molecule has 66 heavy (non-hydrogen) atoms. The summed E-state index contributed by atoms with van der Waals surface area (Å²) in [6.07, 6.45) is 36.3. The largest absolute Gasteiger partial charge is 0.379 e. The van der Waals surface area contributed by atoms with Crippen molar-refractivity contribution in [3.8, 4) is 0 Å². The molecule has 0 aliphatic rings. The maximum Gasteiger partial charge on any atom is 0.104 e. The second kappa shape index (κ2) is 44.7. The Morgan fingerprint density at radius 3 is 1.15 bits per heavy atom. The van der Waals surface area contributed by atoms with Crippen LogP contribution < -0.4 is 0 Å². The number of hydrogen-bond donors (Lipinski definition) is 0. The van der Waals surface area contributed by atoms with Gasteiger partial charge in [-0.25, -0.2) is 0 Å². The second-order valence-electron chi connectivity index (χ2n) is 23.8. The molecule has 0 N–H and O–H groups in total. The highest BCUT2D eigenvalue weighted by atomic mass is 16.6. The van der Waals surface area contributed by atoms with Gasteiger partial charge in [-0.1, -0.05) is 245 Å². The van der Waals surface area contributed by atoms with Gasteiger partial charge in [0, 0.05) is 19.8 Å². The molecule has 0 aliphatic carbocycles. The van der Waals surface area contributed by atoms with Crippen LogP contribution in [-0.4, -0.2) is 64.6 Å². The fraction of sp³-hybridized carbons (Fsp3) is 1.00. The van der Waals surface area contributed by atoms with E-state index in [0.717, 1.165) is 81.0 Å². The van der Waals surface area contributed by atoms with Gasteiger partial charge in [0.1, 0.15) is 6.10 Å². The van der Waals surface area contributed by atoms with Crippen molar-refractivity contribution in [3.05, 3.63) is 0 Å². The van der Waals surface area contributed by atoms with Crippen LogP contribution in [0.15, 0.2) is 0 Å². The van der Waals surface area contributed by atoms with Crippen LogP contribution in [0.2, 0.25) is 0 Å². The molecule has 0 aromatic carbocycles. The van der Waals surface area contributed by atoms with Crippen molar-refractivity contribution in [1.82, 2.24) is 0 Å². The summed E-state index contributed by atoms with van der Waals surface area (Å²) in [4.78, 5) is 0. The predicted molar refractivity (Wildman–Crippen MR) is 291 cm³/mol.